The third-order valence-corrected chi connectivity index (χ3v) is 3.91. The molecule has 1 N–H and O–H groups in total. The van der Waals surface area contributed by atoms with Crippen LogP contribution in [0.5, 0.6) is 0 Å². The number of rotatable bonds is 2. The van der Waals surface area contributed by atoms with E-state index in [1.165, 1.54) is 35.6 Å². The normalized spacial score (nSPS) is 21.7. The lowest BCUT2D eigenvalue weighted by Gasteiger charge is -2.24. The Morgan fingerprint density at radius 1 is 1.30 bits per heavy atom. The number of aliphatic hydroxyl groups is 1. The number of benzene rings is 1. The summed E-state index contributed by atoms with van der Waals surface area (Å²) in [6, 6.07) is 5.73. The van der Waals surface area contributed by atoms with Crippen molar-refractivity contribution in [2.45, 2.75) is 24.7 Å². The van der Waals surface area contributed by atoms with Crippen molar-refractivity contribution in [1.29, 1.82) is 0 Å². The highest BCUT2D eigenvalue weighted by molar-refractivity contribution is 5.94. The van der Waals surface area contributed by atoms with E-state index < -0.39 is 23.9 Å². The number of β-amino-alcohol motifs (C(OH)–C–C–N with tert-alkyl or cyclic N) is 1. The zero-order valence-corrected chi connectivity index (χ0v) is 12.0. The van der Waals surface area contributed by atoms with Gasteiger partial charge in [-0.3, -0.25) is 4.79 Å². The quantitative estimate of drug-likeness (QED) is 0.922. The number of carbonyl (C=O) groups is 1. The molecule has 3 rings (SSSR count). The zero-order chi connectivity index (χ0) is 16.6. The van der Waals surface area contributed by atoms with Crippen LogP contribution in [-0.2, 0) is 6.18 Å². The molecule has 1 saturated heterocycles. The Bertz CT molecular complexity index is 697. The standard InChI is InChI=1S/C16H14F3NO3/c17-16(18,19)12-3-1-2-10(6-12)14-7-13(21)8-20(14)15(22)11-4-5-23-9-11/h1-6,9,13-14,21H,7-8H2. The molecule has 0 bridgehead atoms. The second-order valence-corrected chi connectivity index (χ2v) is 5.50. The Balaban J connectivity index is 1.92. The van der Waals surface area contributed by atoms with E-state index in [-0.39, 0.29) is 18.9 Å². The molecular formula is C16H14F3NO3. The summed E-state index contributed by atoms with van der Waals surface area (Å²) >= 11 is 0. The molecule has 1 aromatic heterocycles. The smallest absolute Gasteiger partial charge is 0.416 e. The van der Waals surface area contributed by atoms with E-state index in [9.17, 15) is 23.1 Å². The predicted octanol–water partition coefficient (Wildman–Crippen LogP) is 3.25. The molecule has 1 amide bonds. The second kappa shape index (κ2) is 5.73. The van der Waals surface area contributed by atoms with Gasteiger partial charge in [-0.2, -0.15) is 13.2 Å². The fourth-order valence-electron chi connectivity index (χ4n) is 2.83. The number of halogens is 3. The van der Waals surface area contributed by atoms with E-state index in [0.29, 0.717) is 11.1 Å². The van der Waals surface area contributed by atoms with Crippen LogP contribution in [0.2, 0.25) is 0 Å². The topological polar surface area (TPSA) is 53.7 Å². The molecule has 0 saturated carbocycles. The first-order valence-corrected chi connectivity index (χ1v) is 7.04. The highest BCUT2D eigenvalue weighted by Crippen LogP contribution is 2.36. The van der Waals surface area contributed by atoms with Crippen LogP contribution in [0.3, 0.4) is 0 Å². The molecule has 2 unspecified atom stereocenters. The fourth-order valence-corrected chi connectivity index (χ4v) is 2.83. The monoisotopic (exact) mass is 325 g/mol. The number of alkyl halides is 3. The van der Waals surface area contributed by atoms with Crippen molar-refractivity contribution in [2.75, 3.05) is 6.54 Å². The summed E-state index contributed by atoms with van der Waals surface area (Å²) in [5.74, 6) is -0.377. The predicted molar refractivity (Wildman–Crippen MR) is 74.6 cm³/mol. The van der Waals surface area contributed by atoms with Crippen molar-refractivity contribution >= 4 is 5.91 Å². The third-order valence-electron chi connectivity index (χ3n) is 3.91. The number of likely N-dealkylation sites (tertiary alicyclic amines) is 1. The van der Waals surface area contributed by atoms with Crippen LogP contribution in [0.15, 0.2) is 47.3 Å². The molecule has 122 valence electrons. The van der Waals surface area contributed by atoms with Gasteiger partial charge in [0.2, 0.25) is 0 Å². The molecule has 2 aromatic rings. The van der Waals surface area contributed by atoms with Crippen LogP contribution >= 0.6 is 0 Å². The first-order chi connectivity index (χ1) is 10.9. The Labute approximate surface area is 130 Å². The molecule has 1 fully saturated rings. The summed E-state index contributed by atoms with van der Waals surface area (Å²) in [6.45, 7) is 0.0743. The third kappa shape index (κ3) is 3.10. The van der Waals surface area contributed by atoms with E-state index in [0.717, 1.165) is 12.1 Å². The highest BCUT2D eigenvalue weighted by Gasteiger charge is 2.37. The molecule has 4 nitrogen and oxygen atoms in total. The van der Waals surface area contributed by atoms with Crippen molar-refractivity contribution in [2.24, 2.45) is 0 Å². The van der Waals surface area contributed by atoms with Crippen LogP contribution in [0, 0.1) is 0 Å². The van der Waals surface area contributed by atoms with Crippen molar-refractivity contribution < 1.29 is 27.5 Å². The molecule has 0 aliphatic carbocycles. The lowest BCUT2D eigenvalue weighted by Crippen LogP contribution is -2.31. The second-order valence-electron chi connectivity index (χ2n) is 5.50. The number of hydrogen-bond donors (Lipinski definition) is 1. The van der Waals surface area contributed by atoms with Gasteiger partial charge in [0, 0.05) is 6.54 Å². The Hall–Kier alpha value is -2.28. The van der Waals surface area contributed by atoms with Crippen LogP contribution in [0.25, 0.3) is 0 Å². The minimum absolute atomic E-state index is 0.0743. The Kier molecular flexibility index (Phi) is 3.89. The molecular weight excluding hydrogens is 311 g/mol. The Morgan fingerprint density at radius 2 is 2.09 bits per heavy atom. The molecule has 1 aromatic carbocycles. The maximum Gasteiger partial charge on any atom is 0.416 e. The van der Waals surface area contributed by atoms with E-state index in [2.05, 4.69) is 0 Å². The Morgan fingerprint density at radius 3 is 2.74 bits per heavy atom. The summed E-state index contributed by atoms with van der Waals surface area (Å²) in [5.41, 5.74) is -0.114. The van der Waals surface area contributed by atoms with Gasteiger partial charge in [0.15, 0.2) is 0 Å². The number of nitrogens with zero attached hydrogens (tertiary/aromatic N) is 1. The maximum absolute atomic E-state index is 12.9. The van der Waals surface area contributed by atoms with Gasteiger partial charge in [0.1, 0.15) is 6.26 Å². The number of hydrogen-bond acceptors (Lipinski definition) is 3. The molecule has 7 heteroatoms. The molecule has 1 aliphatic rings. The van der Waals surface area contributed by atoms with Crippen molar-refractivity contribution in [3.05, 3.63) is 59.5 Å². The van der Waals surface area contributed by atoms with Gasteiger partial charge >= 0.3 is 6.18 Å². The maximum atomic E-state index is 12.9. The molecule has 0 spiro atoms. The van der Waals surface area contributed by atoms with E-state index in [1.54, 1.807) is 0 Å². The molecule has 23 heavy (non-hydrogen) atoms. The molecule has 2 heterocycles. The number of furan rings is 1. The van der Waals surface area contributed by atoms with Crippen molar-refractivity contribution in [1.82, 2.24) is 4.90 Å². The van der Waals surface area contributed by atoms with Gasteiger partial charge in [0.25, 0.3) is 5.91 Å². The van der Waals surface area contributed by atoms with Crippen molar-refractivity contribution in [3.8, 4) is 0 Å². The zero-order valence-electron chi connectivity index (χ0n) is 12.0. The summed E-state index contributed by atoms with van der Waals surface area (Å²) in [5, 5.41) is 9.87. The van der Waals surface area contributed by atoms with Crippen molar-refractivity contribution in [3.63, 3.8) is 0 Å². The van der Waals surface area contributed by atoms with Gasteiger partial charge in [0.05, 0.1) is 29.5 Å². The summed E-state index contributed by atoms with van der Waals surface area (Å²) < 4.78 is 43.5. The average Bonchev–Trinajstić information content (AvgIpc) is 3.15. The van der Waals surface area contributed by atoms with Gasteiger partial charge in [-0.05, 0) is 30.2 Å². The van der Waals surface area contributed by atoms with Gasteiger partial charge < -0.3 is 14.4 Å². The van der Waals surface area contributed by atoms with Crippen LogP contribution in [0.4, 0.5) is 13.2 Å². The largest absolute Gasteiger partial charge is 0.472 e. The minimum Gasteiger partial charge on any atom is -0.472 e. The number of carbonyl (C=O) groups excluding carboxylic acids is 1. The molecule has 1 aliphatic heterocycles. The fraction of sp³-hybridized carbons (Fsp3) is 0.312. The van der Waals surface area contributed by atoms with Gasteiger partial charge in [-0.15, -0.1) is 0 Å². The lowest BCUT2D eigenvalue weighted by molar-refractivity contribution is -0.137. The van der Waals surface area contributed by atoms with E-state index in [1.807, 2.05) is 0 Å². The number of amides is 1. The first-order valence-electron chi connectivity index (χ1n) is 7.04. The van der Waals surface area contributed by atoms with Crippen LogP contribution in [0.1, 0.15) is 33.9 Å². The highest BCUT2D eigenvalue weighted by atomic mass is 19.4. The summed E-state index contributed by atoms with van der Waals surface area (Å²) in [4.78, 5) is 13.8. The van der Waals surface area contributed by atoms with Crippen LogP contribution < -0.4 is 0 Å². The van der Waals surface area contributed by atoms with Gasteiger partial charge in [-0.1, -0.05) is 12.1 Å². The van der Waals surface area contributed by atoms with Gasteiger partial charge in [-0.25, -0.2) is 0 Å². The average molecular weight is 325 g/mol. The van der Waals surface area contributed by atoms with Crippen LogP contribution in [-0.4, -0.2) is 28.6 Å². The molecule has 2 atom stereocenters. The number of aliphatic hydroxyl groups excluding tert-OH is 1. The SMILES string of the molecule is O=C(c1ccoc1)N1CC(O)CC1c1cccc(C(F)(F)F)c1. The minimum atomic E-state index is -4.45. The first kappa shape index (κ1) is 15.6. The lowest BCUT2D eigenvalue weighted by atomic mass is 10.0. The van der Waals surface area contributed by atoms with E-state index in [4.69, 9.17) is 4.42 Å². The molecule has 0 radical (unpaired) electrons. The summed E-state index contributed by atoms with van der Waals surface area (Å²) in [6.07, 6.45) is -2.40. The summed E-state index contributed by atoms with van der Waals surface area (Å²) in [7, 11) is 0. The van der Waals surface area contributed by atoms with E-state index >= 15 is 0 Å².